The molecule has 4 rings (SSSR count). The summed E-state index contributed by atoms with van der Waals surface area (Å²) in [5.74, 6) is 2.59. The molecule has 30 heavy (non-hydrogen) atoms. The van der Waals surface area contributed by atoms with Gasteiger partial charge in [-0.25, -0.2) is 4.39 Å². The van der Waals surface area contributed by atoms with Gasteiger partial charge in [0.05, 0.1) is 14.2 Å². The number of benzene rings is 3. The highest BCUT2D eigenvalue weighted by atomic mass is 32.2. The topological polar surface area (TPSA) is 49.2 Å². The van der Waals surface area contributed by atoms with Crippen LogP contribution < -0.4 is 9.47 Å². The molecule has 0 radical (unpaired) electrons. The van der Waals surface area contributed by atoms with Crippen LogP contribution in [-0.2, 0) is 5.75 Å². The number of nitrogens with zero attached hydrogens (tertiary/aromatic N) is 3. The van der Waals surface area contributed by atoms with Crippen LogP contribution in [0.15, 0.2) is 78.0 Å². The van der Waals surface area contributed by atoms with Gasteiger partial charge in [-0.05, 0) is 66.2 Å². The molecular weight excluding hydrogens is 401 g/mol. The number of hydrogen-bond donors (Lipinski definition) is 0. The second kappa shape index (κ2) is 9.00. The SMILES string of the molecule is COc1ccc(-c2nnc(SCc3cccc(F)c3)n2-c2ccc(OC)cc2)cc1. The first kappa shape index (κ1) is 20.0. The fraction of sp³-hybridized carbons (Fsp3) is 0.130. The molecule has 5 nitrogen and oxygen atoms in total. The summed E-state index contributed by atoms with van der Waals surface area (Å²) in [4.78, 5) is 0. The molecule has 0 amide bonds. The number of methoxy groups -OCH3 is 2. The molecule has 0 fully saturated rings. The van der Waals surface area contributed by atoms with Gasteiger partial charge in [-0.2, -0.15) is 0 Å². The van der Waals surface area contributed by atoms with Gasteiger partial charge in [0.25, 0.3) is 0 Å². The van der Waals surface area contributed by atoms with Crippen LogP contribution in [0.1, 0.15) is 5.56 Å². The Labute approximate surface area is 178 Å². The van der Waals surface area contributed by atoms with Crippen LogP contribution in [0.3, 0.4) is 0 Å². The first-order valence-corrected chi connectivity index (χ1v) is 10.3. The smallest absolute Gasteiger partial charge is 0.196 e. The lowest BCUT2D eigenvalue weighted by Gasteiger charge is -2.11. The van der Waals surface area contributed by atoms with E-state index in [4.69, 9.17) is 9.47 Å². The summed E-state index contributed by atoms with van der Waals surface area (Å²) in [6.45, 7) is 0. The average molecular weight is 421 g/mol. The number of halogens is 1. The first-order valence-electron chi connectivity index (χ1n) is 9.29. The molecule has 4 aromatic rings. The molecule has 0 spiro atoms. The van der Waals surface area contributed by atoms with E-state index in [-0.39, 0.29) is 5.82 Å². The van der Waals surface area contributed by atoms with E-state index >= 15 is 0 Å². The second-order valence-electron chi connectivity index (χ2n) is 6.49. The Morgan fingerprint density at radius 2 is 1.53 bits per heavy atom. The minimum atomic E-state index is -0.247. The average Bonchev–Trinajstić information content (AvgIpc) is 3.22. The molecule has 152 valence electrons. The maximum Gasteiger partial charge on any atom is 0.196 e. The predicted molar refractivity (Wildman–Crippen MR) is 116 cm³/mol. The summed E-state index contributed by atoms with van der Waals surface area (Å²) >= 11 is 1.50. The molecule has 1 heterocycles. The highest BCUT2D eigenvalue weighted by Crippen LogP contribution is 2.31. The maximum absolute atomic E-state index is 13.5. The summed E-state index contributed by atoms with van der Waals surface area (Å²) in [6.07, 6.45) is 0. The summed E-state index contributed by atoms with van der Waals surface area (Å²) in [7, 11) is 3.27. The van der Waals surface area contributed by atoms with Gasteiger partial charge in [0.15, 0.2) is 11.0 Å². The zero-order valence-corrected chi connectivity index (χ0v) is 17.4. The largest absolute Gasteiger partial charge is 0.497 e. The van der Waals surface area contributed by atoms with Crippen molar-refractivity contribution >= 4 is 11.8 Å². The highest BCUT2D eigenvalue weighted by molar-refractivity contribution is 7.98. The van der Waals surface area contributed by atoms with Crippen molar-refractivity contribution in [1.82, 2.24) is 14.8 Å². The van der Waals surface area contributed by atoms with Crippen LogP contribution in [0, 0.1) is 5.82 Å². The highest BCUT2D eigenvalue weighted by Gasteiger charge is 2.17. The Bertz CT molecular complexity index is 1130. The summed E-state index contributed by atoms with van der Waals surface area (Å²) < 4.78 is 26.1. The lowest BCUT2D eigenvalue weighted by molar-refractivity contribution is 0.414. The third-order valence-corrected chi connectivity index (χ3v) is 5.57. The van der Waals surface area contributed by atoms with Gasteiger partial charge in [0, 0.05) is 17.0 Å². The van der Waals surface area contributed by atoms with Crippen molar-refractivity contribution < 1.29 is 13.9 Å². The van der Waals surface area contributed by atoms with E-state index in [0.29, 0.717) is 11.6 Å². The lowest BCUT2D eigenvalue weighted by Crippen LogP contribution is -2.00. The van der Waals surface area contributed by atoms with Gasteiger partial charge in [-0.15, -0.1) is 10.2 Å². The second-order valence-corrected chi connectivity index (χ2v) is 7.43. The molecule has 0 unspecified atom stereocenters. The van der Waals surface area contributed by atoms with Gasteiger partial charge >= 0.3 is 0 Å². The van der Waals surface area contributed by atoms with Gasteiger partial charge in [-0.1, -0.05) is 23.9 Å². The molecular formula is C23H20FN3O2S. The van der Waals surface area contributed by atoms with Gasteiger partial charge < -0.3 is 9.47 Å². The van der Waals surface area contributed by atoms with Crippen LogP contribution in [0.25, 0.3) is 17.1 Å². The summed E-state index contributed by atoms with van der Waals surface area (Å²) in [5, 5.41) is 9.57. The molecule has 3 aromatic carbocycles. The van der Waals surface area contributed by atoms with Crippen molar-refractivity contribution in [3.05, 3.63) is 84.2 Å². The van der Waals surface area contributed by atoms with Crippen molar-refractivity contribution in [3.8, 4) is 28.6 Å². The zero-order valence-electron chi connectivity index (χ0n) is 16.6. The fourth-order valence-electron chi connectivity index (χ4n) is 3.03. The molecule has 0 atom stereocenters. The van der Waals surface area contributed by atoms with Gasteiger partial charge in [0.2, 0.25) is 0 Å². The molecule has 0 N–H and O–H groups in total. The Balaban J connectivity index is 1.72. The fourth-order valence-corrected chi connectivity index (χ4v) is 3.92. The van der Waals surface area contributed by atoms with E-state index in [1.165, 1.54) is 23.9 Å². The molecule has 0 bridgehead atoms. The van der Waals surface area contributed by atoms with Crippen molar-refractivity contribution in [2.45, 2.75) is 10.9 Å². The monoisotopic (exact) mass is 421 g/mol. The third kappa shape index (κ3) is 4.31. The number of rotatable bonds is 7. The number of aromatic nitrogens is 3. The van der Waals surface area contributed by atoms with E-state index in [2.05, 4.69) is 10.2 Å². The minimum absolute atomic E-state index is 0.247. The Morgan fingerprint density at radius 1 is 0.867 bits per heavy atom. The van der Waals surface area contributed by atoms with Gasteiger partial charge in [0.1, 0.15) is 17.3 Å². The molecule has 0 aliphatic heterocycles. The van der Waals surface area contributed by atoms with Crippen molar-refractivity contribution in [2.24, 2.45) is 0 Å². The maximum atomic E-state index is 13.5. The van der Waals surface area contributed by atoms with Gasteiger partial charge in [-0.3, -0.25) is 4.57 Å². The summed E-state index contributed by atoms with van der Waals surface area (Å²) in [6, 6.07) is 22.0. The van der Waals surface area contributed by atoms with Crippen molar-refractivity contribution in [1.29, 1.82) is 0 Å². The first-order chi connectivity index (χ1) is 14.7. The van der Waals surface area contributed by atoms with Crippen LogP contribution in [0.5, 0.6) is 11.5 Å². The Morgan fingerprint density at radius 3 is 2.17 bits per heavy atom. The standard InChI is InChI=1S/C23H20FN3O2S/c1-28-20-10-6-17(7-11-20)22-25-26-23(30-15-16-4-3-5-18(24)14-16)27(22)19-8-12-21(29-2)13-9-19/h3-14H,15H2,1-2H3. The number of thioether (sulfide) groups is 1. The third-order valence-electron chi connectivity index (χ3n) is 4.57. The van der Waals surface area contributed by atoms with E-state index in [9.17, 15) is 4.39 Å². The zero-order chi connectivity index (χ0) is 20.9. The van der Waals surface area contributed by atoms with E-state index < -0.39 is 0 Å². The quantitative estimate of drug-likeness (QED) is 0.375. The number of hydrogen-bond acceptors (Lipinski definition) is 5. The van der Waals surface area contributed by atoms with E-state index in [1.807, 2.05) is 59.2 Å². The summed E-state index contributed by atoms with van der Waals surface area (Å²) in [5.41, 5.74) is 2.71. The number of ether oxygens (including phenoxy) is 2. The normalized spacial score (nSPS) is 10.8. The molecule has 0 aliphatic carbocycles. The van der Waals surface area contributed by atoms with Crippen molar-refractivity contribution in [2.75, 3.05) is 14.2 Å². The Hall–Kier alpha value is -3.32. The lowest BCUT2D eigenvalue weighted by atomic mass is 10.2. The van der Waals surface area contributed by atoms with Crippen LogP contribution in [0.2, 0.25) is 0 Å². The molecule has 0 saturated heterocycles. The molecule has 0 aliphatic rings. The predicted octanol–water partition coefficient (Wildman–Crippen LogP) is 5.38. The van der Waals surface area contributed by atoms with Crippen molar-refractivity contribution in [3.63, 3.8) is 0 Å². The Kier molecular flexibility index (Phi) is 5.99. The molecule has 7 heteroatoms. The van der Waals surface area contributed by atoms with Crippen LogP contribution >= 0.6 is 11.8 Å². The van der Waals surface area contributed by atoms with Crippen LogP contribution in [0.4, 0.5) is 4.39 Å². The molecule has 1 aromatic heterocycles. The van der Waals surface area contributed by atoms with E-state index in [1.54, 1.807) is 20.3 Å². The molecule has 0 saturated carbocycles. The minimum Gasteiger partial charge on any atom is -0.497 e. The van der Waals surface area contributed by atoms with Crippen LogP contribution in [-0.4, -0.2) is 29.0 Å². The van der Waals surface area contributed by atoms with E-state index in [0.717, 1.165) is 33.5 Å².